The number of ketones is 1. The lowest BCUT2D eigenvalue weighted by molar-refractivity contribution is -0.142. The Morgan fingerprint density at radius 3 is 2.45 bits per heavy atom. The van der Waals surface area contributed by atoms with E-state index in [9.17, 15) is 9.59 Å². The Hall–Kier alpha value is -1.27. The van der Waals surface area contributed by atoms with E-state index in [0.717, 1.165) is 58.4 Å². The minimum atomic E-state index is -0.209. The van der Waals surface area contributed by atoms with E-state index in [1.54, 1.807) is 6.92 Å². The number of carbonyl (C=O) groups excluding carboxylic acids is 2. The number of amides is 1. The fourth-order valence-electron chi connectivity index (χ4n) is 3.53. The van der Waals surface area contributed by atoms with E-state index in [-0.39, 0.29) is 23.5 Å². The molecule has 1 amide bonds. The summed E-state index contributed by atoms with van der Waals surface area (Å²) in [6, 6.07) is 0. The van der Waals surface area contributed by atoms with E-state index in [2.05, 4.69) is 22.0 Å². The Morgan fingerprint density at radius 1 is 1.23 bits per heavy atom. The van der Waals surface area contributed by atoms with Crippen LogP contribution in [0.2, 0.25) is 0 Å². The van der Waals surface area contributed by atoms with Gasteiger partial charge in [0.05, 0.1) is 6.54 Å². The Bertz CT molecular complexity index is 407. The second kappa shape index (κ2) is 8.39. The van der Waals surface area contributed by atoms with Gasteiger partial charge in [-0.3, -0.25) is 14.5 Å². The van der Waals surface area contributed by atoms with Crippen LogP contribution in [0.1, 0.15) is 32.6 Å². The van der Waals surface area contributed by atoms with Gasteiger partial charge >= 0.3 is 0 Å². The lowest BCUT2D eigenvalue weighted by Crippen LogP contribution is -2.47. The van der Waals surface area contributed by atoms with E-state index >= 15 is 0 Å². The van der Waals surface area contributed by atoms with E-state index < -0.39 is 0 Å². The molecule has 2 atom stereocenters. The molecular weight excluding hydrogens is 280 g/mol. The van der Waals surface area contributed by atoms with Crippen molar-refractivity contribution in [1.82, 2.24) is 15.2 Å². The van der Waals surface area contributed by atoms with E-state index in [4.69, 9.17) is 0 Å². The van der Waals surface area contributed by atoms with Gasteiger partial charge in [0, 0.05) is 51.3 Å². The number of hydrazone groups is 1. The first-order valence-electron chi connectivity index (χ1n) is 8.35. The predicted molar refractivity (Wildman–Crippen MR) is 86.7 cm³/mol. The van der Waals surface area contributed by atoms with Gasteiger partial charge < -0.3 is 5.32 Å². The van der Waals surface area contributed by atoms with Crippen molar-refractivity contribution in [2.45, 2.75) is 32.6 Å². The molecule has 1 aliphatic heterocycles. The van der Waals surface area contributed by atoms with Crippen molar-refractivity contribution >= 4 is 18.4 Å². The molecule has 1 saturated carbocycles. The lowest BCUT2D eigenvalue weighted by Gasteiger charge is -2.33. The third kappa shape index (κ3) is 4.36. The second-order valence-corrected chi connectivity index (χ2v) is 6.30. The minimum absolute atomic E-state index is 0.0231. The smallest absolute Gasteiger partial charge is 0.246 e. The van der Waals surface area contributed by atoms with Crippen LogP contribution < -0.4 is 5.32 Å². The molecule has 0 aromatic heterocycles. The van der Waals surface area contributed by atoms with Gasteiger partial charge in [-0.05, 0) is 19.8 Å². The summed E-state index contributed by atoms with van der Waals surface area (Å²) in [5, 5.41) is 8.72. The number of piperazine rings is 1. The molecule has 0 bridgehead atoms. The average molecular weight is 308 g/mol. The summed E-state index contributed by atoms with van der Waals surface area (Å²) in [6.45, 7) is 10.5. The second-order valence-electron chi connectivity index (χ2n) is 6.30. The van der Waals surface area contributed by atoms with Crippen molar-refractivity contribution in [3.8, 4) is 0 Å². The molecule has 22 heavy (non-hydrogen) atoms. The minimum Gasteiger partial charge on any atom is -0.314 e. The Labute approximate surface area is 132 Å². The van der Waals surface area contributed by atoms with Gasteiger partial charge in [0.15, 0.2) is 0 Å². The van der Waals surface area contributed by atoms with Crippen molar-refractivity contribution in [1.29, 1.82) is 0 Å². The predicted octanol–water partition coefficient (Wildman–Crippen LogP) is 0.731. The molecular formula is C16H28N4O2. The highest BCUT2D eigenvalue weighted by Gasteiger charge is 2.36. The Morgan fingerprint density at radius 2 is 1.86 bits per heavy atom. The van der Waals surface area contributed by atoms with Crippen LogP contribution in [-0.4, -0.2) is 67.6 Å². The maximum atomic E-state index is 12.7. The molecule has 0 aromatic rings. The van der Waals surface area contributed by atoms with Crippen LogP contribution in [0, 0.1) is 11.8 Å². The van der Waals surface area contributed by atoms with Crippen molar-refractivity contribution in [3.05, 3.63) is 0 Å². The van der Waals surface area contributed by atoms with Crippen LogP contribution in [0.25, 0.3) is 0 Å². The van der Waals surface area contributed by atoms with Gasteiger partial charge in [-0.25, -0.2) is 5.01 Å². The lowest BCUT2D eigenvalue weighted by atomic mass is 9.76. The third-order valence-corrected chi connectivity index (χ3v) is 4.87. The van der Waals surface area contributed by atoms with Crippen LogP contribution in [0.5, 0.6) is 0 Å². The molecule has 1 aliphatic carbocycles. The molecule has 1 saturated heterocycles. The quantitative estimate of drug-likeness (QED) is 0.580. The van der Waals surface area contributed by atoms with Crippen LogP contribution in [0.3, 0.4) is 0 Å². The highest BCUT2D eigenvalue weighted by molar-refractivity contribution is 5.87. The summed E-state index contributed by atoms with van der Waals surface area (Å²) in [6.07, 6.45) is 3.68. The van der Waals surface area contributed by atoms with Gasteiger partial charge in [-0.15, -0.1) is 0 Å². The van der Waals surface area contributed by atoms with Gasteiger partial charge in [-0.1, -0.05) is 12.8 Å². The van der Waals surface area contributed by atoms with Gasteiger partial charge in [-0.2, -0.15) is 5.10 Å². The standard InChI is InChI=1S/C16H28N4O2/c1-13(21)14-5-3-4-6-15(14)16(22)20(17-2)12-11-19-9-7-18-8-10-19/h14-15,18H,2-12H2,1H3/t14-,15?/m0/s1. The average Bonchev–Trinajstić information content (AvgIpc) is 2.56. The normalized spacial score (nSPS) is 26.4. The molecule has 0 radical (unpaired) electrons. The first kappa shape index (κ1) is 17.1. The molecule has 124 valence electrons. The summed E-state index contributed by atoms with van der Waals surface area (Å²) in [5.74, 6) is -0.237. The first-order valence-corrected chi connectivity index (χ1v) is 8.35. The zero-order valence-corrected chi connectivity index (χ0v) is 13.6. The number of nitrogens with zero attached hydrogens (tertiary/aromatic N) is 3. The molecule has 1 N–H and O–H groups in total. The number of carbonyl (C=O) groups is 2. The Balaban J connectivity index is 1.91. The number of hydrogen-bond donors (Lipinski definition) is 1. The number of hydrogen-bond acceptors (Lipinski definition) is 5. The molecule has 1 unspecified atom stereocenters. The zero-order chi connectivity index (χ0) is 15.9. The summed E-state index contributed by atoms with van der Waals surface area (Å²) < 4.78 is 0. The number of Topliss-reactive ketones (excluding diaryl/α,β-unsaturated/α-hetero) is 1. The van der Waals surface area contributed by atoms with Crippen molar-refractivity contribution in [2.75, 3.05) is 39.3 Å². The highest BCUT2D eigenvalue weighted by Crippen LogP contribution is 2.32. The molecule has 2 fully saturated rings. The van der Waals surface area contributed by atoms with Gasteiger partial charge in [0.2, 0.25) is 5.91 Å². The largest absolute Gasteiger partial charge is 0.314 e. The molecule has 2 aliphatic rings. The van der Waals surface area contributed by atoms with E-state index in [0.29, 0.717) is 6.54 Å². The molecule has 0 spiro atoms. The maximum absolute atomic E-state index is 12.7. The highest BCUT2D eigenvalue weighted by atomic mass is 16.2. The van der Waals surface area contributed by atoms with Gasteiger partial charge in [0.25, 0.3) is 0 Å². The fraction of sp³-hybridized carbons (Fsp3) is 0.812. The SMILES string of the molecule is C=NN(CCN1CCNCC1)C(=O)C1CCCC[C@H]1C(C)=O. The summed E-state index contributed by atoms with van der Waals surface area (Å²) in [4.78, 5) is 26.8. The van der Waals surface area contributed by atoms with E-state index in [1.807, 2.05) is 0 Å². The van der Waals surface area contributed by atoms with Crippen molar-refractivity contribution < 1.29 is 9.59 Å². The number of rotatable bonds is 6. The van der Waals surface area contributed by atoms with Crippen LogP contribution in [0.4, 0.5) is 0 Å². The maximum Gasteiger partial charge on any atom is 0.246 e. The molecule has 2 rings (SSSR count). The molecule has 0 aromatic carbocycles. The van der Waals surface area contributed by atoms with Crippen LogP contribution >= 0.6 is 0 Å². The third-order valence-electron chi connectivity index (χ3n) is 4.87. The van der Waals surface area contributed by atoms with Crippen LogP contribution in [-0.2, 0) is 9.59 Å². The fourth-order valence-corrected chi connectivity index (χ4v) is 3.53. The van der Waals surface area contributed by atoms with Crippen molar-refractivity contribution in [3.63, 3.8) is 0 Å². The summed E-state index contributed by atoms with van der Waals surface area (Å²) in [7, 11) is 0. The number of nitrogens with one attached hydrogen (secondary N) is 1. The van der Waals surface area contributed by atoms with Crippen LogP contribution in [0.15, 0.2) is 5.10 Å². The first-order chi connectivity index (χ1) is 10.6. The van der Waals surface area contributed by atoms with Gasteiger partial charge in [0.1, 0.15) is 5.78 Å². The van der Waals surface area contributed by atoms with Crippen molar-refractivity contribution in [2.24, 2.45) is 16.9 Å². The molecule has 6 nitrogen and oxygen atoms in total. The molecule has 6 heteroatoms. The summed E-state index contributed by atoms with van der Waals surface area (Å²) in [5.41, 5.74) is 0. The molecule has 1 heterocycles. The summed E-state index contributed by atoms with van der Waals surface area (Å²) >= 11 is 0. The van der Waals surface area contributed by atoms with E-state index in [1.165, 1.54) is 5.01 Å². The monoisotopic (exact) mass is 308 g/mol. The topological polar surface area (TPSA) is 65.0 Å². The Kier molecular flexibility index (Phi) is 6.51. The zero-order valence-electron chi connectivity index (χ0n) is 13.6.